The molecule has 1 aliphatic carbocycles. The Hall–Kier alpha value is -4.39. The first kappa shape index (κ1) is 24.3. The lowest BCUT2D eigenvalue weighted by atomic mass is 9.98. The lowest BCUT2D eigenvalue weighted by molar-refractivity contribution is 0.0594. The summed E-state index contributed by atoms with van der Waals surface area (Å²) >= 11 is 0. The van der Waals surface area contributed by atoms with Crippen LogP contribution < -0.4 is 10.1 Å². The van der Waals surface area contributed by atoms with E-state index in [2.05, 4.69) is 34.6 Å². The molecule has 4 aromatic rings. The van der Waals surface area contributed by atoms with E-state index in [1.165, 1.54) is 29.4 Å². The summed E-state index contributed by atoms with van der Waals surface area (Å²) in [6.07, 6.45) is 1.14. The Morgan fingerprint density at radius 2 is 1.62 bits per heavy atom. The van der Waals surface area contributed by atoms with Crippen molar-refractivity contribution in [3.8, 4) is 16.9 Å². The van der Waals surface area contributed by atoms with E-state index >= 15 is 0 Å². The minimum absolute atomic E-state index is 0.0516. The number of rotatable bonds is 9. The average molecular weight is 497 g/mol. The minimum atomic E-state index is -0.464. The van der Waals surface area contributed by atoms with E-state index in [1.54, 1.807) is 6.07 Å². The van der Waals surface area contributed by atoms with Crippen molar-refractivity contribution in [3.63, 3.8) is 0 Å². The number of methoxy groups -OCH3 is 1. The predicted molar refractivity (Wildman–Crippen MR) is 141 cm³/mol. The topological polar surface area (TPSA) is 86.8 Å². The zero-order valence-corrected chi connectivity index (χ0v) is 20.6. The van der Waals surface area contributed by atoms with Gasteiger partial charge in [-0.3, -0.25) is 0 Å². The minimum Gasteiger partial charge on any atom is -0.494 e. The Morgan fingerprint density at radius 1 is 0.892 bits per heavy atom. The summed E-state index contributed by atoms with van der Waals surface area (Å²) in [5, 5.41) is 3.71. The van der Waals surface area contributed by atoms with E-state index in [0.717, 1.165) is 24.0 Å². The van der Waals surface area contributed by atoms with Gasteiger partial charge in [-0.05, 0) is 59.4 Å². The third-order valence-corrected chi connectivity index (χ3v) is 6.51. The Labute approximate surface area is 215 Å². The van der Waals surface area contributed by atoms with E-state index in [4.69, 9.17) is 14.2 Å². The number of carbonyl (C=O) groups is 2. The largest absolute Gasteiger partial charge is 0.494 e. The molecule has 1 aliphatic rings. The van der Waals surface area contributed by atoms with E-state index < -0.39 is 12.1 Å². The van der Waals surface area contributed by atoms with Gasteiger partial charge in [0.05, 0.1) is 19.2 Å². The number of nitrogens with zero attached hydrogens (tertiary/aromatic N) is 1. The molecular formula is C30H28N2O5. The second kappa shape index (κ2) is 11.1. The van der Waals surface area contributed by atoms with Crippen LogP contribution in [0.3, 0.4) is 0 Å². The summed E-state index contributed by atoms with van der Waals surface area (Å²) in [5.74, 6) is 0.314. The maximum Gasteiger partial charge on any atom is 0.407 e. The zero-order valence-electron chi connectivity index (χ0n) is 20.6. The fourth-order valence-electron chi connectivity index (χ4n) is 4.67. The van der Waals surface area contributed by atoms with Crippen molar-refractivity contribution in [3.05, 3.63) is 95.7 Å². The smallest absolute Gasteiger partial charge is 0.407 e. The molecule has 0 saturated carbocycles. The van der Waals surface area contributed by atoms with Crippen molar-refractivity contribution >= 4 is 23.0 Å². The monoisotopic (exact) mass is 496 g/mol. The first-order chi connectivity index (χ1) is 18.1. The molecule has 0 radical (unpaired) electrons. The van der Waals surface area contributed by atoms with E-state index in [1.807, 2.05) is 48.5 Å². The lowest BCUT2D eigenvalue weighted by Gasteiger charge is -2.14. The highest BCUT2D eigenvalue weighted by atomic mass is 16.5. The van der Waals surface area contributed by atoms with Gasteiger partial charge in [-0.15, -0.1) is 0 Å². The maximum atomic E-state index is 12.3. The number of hydrogen-bond acceptors (Lipinski definition) is 6. The molecule has 0 atom stereocenters. The van der Waals surface area contributed by atoms with Gasteiger partial charge < -0.3 is 19.5 Å². The quantitative estimate of drug-likeness (QED) is 0.236. The lowest BCUT2D eigenvalue weighted by Crippen LogP contribution is -2.27. The van der Waals surface area contributed by atoms with Crippen molar-refractivity contribution in [2.75, 3.05) is 26.9 Å². The van der Waals surface area contributed by atoms with Crippen LogP contribution in [0.4, 0.5) is 4.79 Å². The number of ether oxygens (including phenoxy) is 3. The van der Waals surface area contributed by atoms with E-state index in [9.17, 15) is 9.59 Å². The van der Waals surface area contributed by atoms with Crippen LogP contribution in [0.1, 0.15) is 40.4 Å². The van der Waals surface area contributed by atoms with Gasteiger partial charge in [0, 0.05) is 17.8 Å². The van der Waals surface area contributed by atoms with Gasteiger partial charge in [-0.25, -0.2) is 14.6 Å². The van der Waals surface area contributed by atoms with Gasteiger partial charge in [0.25, 0.3) is 0 Å². The van der Waals surface area contributed by atoms with Crippen LogP contribution in [0.2, 0.25) is 0 Å². The molecule has 188 valence electrons. The van der Waals surface area contributed by atoms with Crippen molar-refractivity contribution in [2.24, 2.45) is 0 Å². The molecule has 7 nitrogen and oxygen atoms in total. The molecule has 7 heteroatoms. The number of esters is 1. The number of benzene rings is 3. The fraction of sp³-hybridized carbons (Fsp3) is 0.233. The van der Waals surface area contributed by atoms with Crippen LogP contribution in [0.25, 0.3) is 22.0 Å². The fourth-order valence-corrected chi connectivity index (χ4v) is 4.67. The van der Waals surface area contributed by atoms with Crippen molar-refractivity contribution in [1.29, 1.82) is 0 Å². The molecule has 3 aromatic carbocycles. The highest BCUT2D eigenvalue weighted by Crippen LogP contribution is 2.44. The van der Waals surface area contributed by atoms with Gasteiger partial charge >= 0.3 is 12.1 Å². The van der Waals surface area contributed by atoms with Crippen LogP contribution in [-0.4, -0.2) is 43.9 Å². The summed E-state index contributed by atoms with van der Waals surface area (Å²) in [6, 6.07) is 25.5. The highest BCUT2D eigenvalue weighted by Gasteiger charge is 2.28. The van der Waals surface area contributed by atoms with Crippen LogP contribution in [0.5, 0.6) is 5.75 Å². The summed E-state index contributed by atoms with van der Waals surface area (Å²) in [5.41, 5.74) is 5.78. The third kappa shape index (κ3) is 5.40. The molecule has 1 heterocycles. The van der Waals surface area contributed by atoms with Crippen LogP contribution in [0.15, 0.2) is 78.9 Å². The molecule has 1 amide bonds. The first-order valence-electron chi connectivity index (χ1n) is 12.3. The van der Waals surface area contributed by atoms with Crippen LogP contribution >= 0.6 is 0 Å². The summed E-state index contributed by atoms with van der Waals surface area (Å²) < 4.78 is 16.1. The molecule has 0 aliphatic heterocycles. The molecule has 0 saturated heterocycles. The van der Waals surface area contributed by atoms with Gasteiger partial charge in [0.2, 0.25) is 0 Å². The predicted octanol–water partition coefficient (Wildman–Crippen LogP) is 5.72. The normalized spacial score (nSPS) is 12.0. The van der Waals surface area contributed by atoms with E-state index in [0.29, 0.717) is 25.3 Å². The number of unbranched alkanes of at least 4 members (excludes halogenated alkanes) is 1. The molecule has 0 unspecified atom stereocenters. The molecular weight excluding hydrogens is 468 g/mol. The summed E-state index contributed by atoms with van der Waals surface area (Å²) in [7, 11) is 1.33. The second-order valence-corrected chi connectivity index (χ2v) is 8.85. The Balaban J connectivity index is 1.03. The third-order valence-electron chi connectivity index (χ3n) is 6.51. The first-order valence-corrected chi connectivity index (χ1v) is 12.3. The van der Waals surface area contributed by atoms with Gasteiger partial charge in [-0.1, -0.05) is 54.6 Å². The van der Waals surface area contributed by atoms with Gasteiger partial charge in [-0.2, -0.15) is 0 Å². The van der Waals surface area contributed by atoms with Crippen LogP contribution in [0, 0.1) is 0 Å². The number of pyridine rings is 1. The van der Waals surface area contributed by atoms with Crippen molar-refractivity contribution in [1.82, 2.24) is 10.3 Å². The molecule has 5 rings (SSSR count). The Kier molecular flexibility index (Phi) is 7.31. The molecule has 1 N–H and O–H groups in total. The number of amides is 1. The molecule has 0 bridgehead atoms. The number of carbonyl (C=O) groups excluding carboxylic acids is 2. The second-order valence-electron chi connectivity index (χ2n) is 8.85. The number of nitrogens with one attached hydrogen (secondary N) is 1. The van der Waals surface area contributed by atoms with Gasteiger partial charge in [0.15, 0.2) is 0 Å². The highest BCUT2D eigenvalue weighted by molar-refractivity contribution is 5.91. The van der Waals surface area contributed by atoms with Crippen LogP contribution in [-0.2, 0) is 9.47 Å². The molecule has 37 heavy (non-hydrogen) atoms. The molecule has 0 fully saturated rings. The molecule has 0 spiro atoms. The van der Waals surface area contributed by atoms with Crippen molar-refractivity contribution < 1.29 is 23.8 Å². The average Bonchev–Trinajstić information content (AvgIpc) is 3.26. The Morgan fingerprint density at radius 3 is 2.35 bits per heavy atom. The maximum absolute atomic E-state index is 12.3. The van der Waals surface area contributed by atoms with Crippen molar-refractivity contribution in [2.45, 2.75) is 18.8 Å². The number of hydrogen-bond donors (Lipinski definition) is 1. The number of fused-ring (bicyclic) bond motifs is 4. The van der Waals surface area contributed by atoms with E-state index in [-0.39, 0.29) is 11.6 Å². The SMILES string of the molecule is COC(=O)c1ccc2cc(OCCCCNC(=O)OCC3c4ccccc4-c4ccccc43)ccc2n1. The number of alkyl carbamates (subject to hydrolysis) is 1. The zero-order chi connectivity index (χ0) is 25.6. The standard InChI is InChI=1S/C30H28N2O5/c1-35-29(33)28-14-12-20-18-21(13-15-27(20)32-28)36-17-7-6-16-31-30(34)37-19-26-24-10-4-2-8-22(24)23-9-3-5-11-25(23)26/h2-5,8-15,18,26H,6-7,16-17,19H2,1H3,(H,31,34). The summed E-state index contributed by atoms with van der Waals surface area (Å²) in [6.45, 7) is 1.34. The van der Waals surface area contributed by atoms with Gasteiger partial charge in [0.1, 0.15) is 18.1 Å². The molecule has 1 aromatic heterocycles. The Bertz CT molecular complexity index is 1390. The summed E-state index contributed by atoms with van der Waals surface area (Å²) in [4.78, 5) is 28.2. The number of aromatic nitrogens is 1.